The van der Waals surface area contributed by atoms with E-state index in [1.54, 1.807) is 11.3 Å². The fourth-order valence-electron chi connectivity index (χ4n) is 1.27. The van der Waals surface area contributed by atoms with Gasteiger partial charge < -0.3 is 10.4 Å². The lowest BCUT2D eigenvalue weighted by molar-refractivity contribution is 0.0528. The van der Waals surface area contributed by atoms with E-state index < -0.39 is 5.60 Å². The van der Waals surface area contributed by atoms with E-state index in [0.717, 1.165) is 19.4 Å². The van der Waals surface area contributed by atoms with Gasteiger partial charge in [-0.25, -0.2) is 0 Å². The van der Waals surface area contributed by atoms with Gasteiger partial charge in [-0.2, -0.15) is 0 Å². The topological polar surface area (TPSA) is 32.3 Å². The summed E-state index contributed by atoms with van der Waals surface area (Å²) in [7, 11) is 1.90. The van der Waals surface area contributed by atoms with Gasteiger partial charge in [0, 0.05) is 11.3 Å². The van der Waals surface area contributed by atoms with E-state index in [0.29, 0.717) is 0 Å². The molecule has 1 aromatic rings. The highest BCUT2D eigenvalue weighted by atomic mass is 32.1. The molecule has 13 heavy (non-hydrogen) atoms. The summed E-state index contributed by atoms with van der Waals surface area (Å²) in [6.07, 6.45) is 1.55. The maximum Gasteiger partial charge on any atom is 0.0679 e. The predicted octanol–water partition coefficient (Wildman–Crippen LogP) is 1.65. The highest BCUT2D eigenvalue weighted by Crippen LogP contribution is 2.19. The van der Waals surface area contributed by atoms with Crippen molar-refractivity contribution >= 4 is 11.3 Å². The number of aliphatic hydroxyl groups is 1. The molecule has 0 spiro atoms. The minimum atomic E-state index is -0.576. The van der Waals surface area contributed by atoms with Gasteiger partial charge in [-0.15, -0.1) is 11.3 Å². The van der Waals surface area contributed by atoms with Crippen molar-refractivity contribution in [1.82, 2.24) is 5.32 Å². The van der Waals surface area contributed by atoms with Gasteiger partial charge in [0.1, 0.15) is 0 Å². The van der Waals surface area contributed by atoms with Gasteiger partial charge in [0.15, 0.2) is 0 Å². The molecule has 0 bridgehead atoms. The molecule has 0 amide bonds. The van der Waals surface area contributed by atoms with E-state index in [9.17, 15) is 5.11 Å². The van der Waals surface area contributed by atoms with Crippen LogP contribution in [0.15, 0.2) is 17.5 Å². The fraction of sp³-hybridized carbons (Fsp3) is 0.600. The third kappa shape index (κ3) is 3.89. The summed E-state index contributed by atoms with van der Waals surface area (Å²) in [5.74, 6) is 0. The summed E-state index contributed by atoms with van der Waals surface area (Å²) in [4.78, 5) is 1.25. The van der Waals surface area contributed by atoms with Crippen LogP contribution in [0.2, 0.25) is 0 Å². The average molecular weight is 199 g/mol. The van der Waals surface area contributed by atoms with Crippen LogP contribution >= 0.6 is 11.3 Å². The van der Waals surface area contributed by atoms with Crippen LogP contribution in [0, 0.1) is 0 Å². The zero-order valence-corrected chi connectivity index (χ0v) is 9.03. The zero-order chi connectivity index (χ0) is 9.73. The molecule has 1 atom stereocenters. The molecule has 0 aliphatic carbocycles. The van der Waals surface area contributed by atoms with Crippen LogP contribution in [0.5, 0.6) is 0 Å². The molecule has 1 heterocycles. The maximum atomic E-state index is 9.98. The Balaban J connectivity index is 2.42. The maximum absolute atomic E-state index is 9.98. The Labute approximate surface area is 83.6 Å². The molecular weight excluding hydrogens is 182 g/mol. The number of thiophene rings is 1. The van der Waals surface area contributed by atoms with Crippen molar-refractivity contribution in [2.45, 2.75) is 25.4 Å². The van der Waals surface area contributed by atoms with E-state index in [-0.39, 0.29) is 0 Å². The molecule has 0 radical (unpaired) electrons. The number of hydrogen-bond donors (Lipinski definition) is 2. The molecule has 2 N–H and O–H groups in total. The van der Waals surface area contributed by atoms with Gasteiger partial charge in [0.2, 0.25) is 0 Å². The monoisotopic (exact) mass is 199 g/mol. The average Bonchev–Trinajstić information content (AvgIpc) is 2.52. The standard InChI is InChI=1S/C10H17NOS/c1-10(12,5-6-11-2)8-9-4-3-7-13-9/h3-4,7,11-12H,5-6,8H2,1-2H3. The first-order chi connectivity index (χ1) is 6.14. The molecule has 1 aromatic heterocycles. The van der Waals surface area contributed by atoms with E-state index in [4.69, 9.17) is 0 Å². The SMILES string of the molecule is CNCCC(C)(O)Cc1cccs1. The van der Waals surface area contributed by atoms with Crippen molar-refractivity contribution in [2.75, 3.05) is 13.6 Å². The van der Waals surface area contributed by atoms with Crippen molar-refractivity contribution in [1.29, 1.82) is 0 Å². The van der Waals surface area contributed by atoms with Crippen LogP contribution in [0.25, 0.3) is 0 Å². The Morgan fingerprint density at radius 3 is 2.92 bits per heavy atom. The van der Waals surface area contributed by atoms with Crippen LogP contribution in [-0.2, 0) is 6.42 Å². The molecular formula is C10H17NOS. The minimum absolute atomic E-state index is 0.576. The first-order valence-electron chi connectivity index (χ1n) is 4.53. The molecule has 0 saturated heterocycles. The second-order valence-electron chi connectivity index (χ2n) is 3.61. The lowest BCUT2D eigenvalue weighted by atomic mass is 9.97. The number of hydrogen-bond acceptors (Lipinski definition) is 3. The van der Waals surface area contributed by atoms with Crippen molar-refractivity contribution in [3.63, 3.8) is 0 Å². The van der Waals surface area contributed by atoms with Gasteiger partial charge >= 0.3 is 0 Å². The van der Waals surface area contributed by atoms with Crippen molar-refractivity contribution < 1.29 is 5.11 Å². The van der Waals surface area contributed by atoms with Crippen molar-refractivity contribution in [2.24, 2.45) is 0 Å². The number of nitrogens with one attached hydrogen (secondary N) is 1. The molecule has 0 aliphatic heterocycles. The number of rotatable bonds is 5. The Kier molecular flexibility index (Phi) is 3.90. The van der Waals surface area contributed by atoms with E-state index >= 15 is 0 Å². The third-order valence-corrected chi connectivity index (χ3v) is 2.93. The van der Waals surface area contributed by atoms with Crippen molar-refractivity contribution in [3.05, 3.63) is 22.4 Å². The first kappa shape index (κ1) is 10.7. The molecule has 3 heteroatoms. The molecule has 0 saturated carbocycles. The zero-order valence-electron chi connectivity index (χ0n) is 8.21. The third-order valence-electron chi connectivity index (χ3n) is 2.05. The van der Waals surface area contributed by atoms with Crippen LogP contribution < -0.4 is 5.32 Å². The van der Waals surface area contributed by atoms with Gasteiger partial charge in [-0.05, 0) is 38.4 Å². The highest BCUT2D eigenvalue weighted by molar-refractivity contribution is 7.09. The Bertz CT molecular complexity index is 231. The van der Waals surface area contributed by atoms with Crippen LogP contribution in [-0.4, -0.2) is 24.3 Å². The summed E-state index contributed by atoms with van der Waals surface area (Å²) in [5.41, 5.74) is -0.576. The summed E-state index contributed by atoms with van der Waals surface area (Å²) in [5, 5.41) is 15.1. The largest absolute Gasteiger partial charge is 0.390 e. The Morgan fingerprint density at radius 1 is 1.62 bits per heavy atom. The molecule has 74 valence electrons. The normalized spacial score (nSPS) is 15.6. The smallest absolute Gasteiger partial charge is 0.0679 e. The van der Waals surface area contributed by atoms with Crippen molar-refractivity contribution in [3.8, 4) is 0 Å². The van der Waals surface area contributed by atoms with Crippen LogP contribution in [0.4, 0.5) is 0 Å². The van der Waals surface area contributed by atoms with E-state index in [1.165, 1.54) is 4.88 Å². The molecule has 2 nitrogen and oxygen atoms in total. The van der Waals surface area contributed by atoms with E-state index in [1.807, 2.05) is 25.4 Å². The first-order valence-corrected chi connectivity index (χ1v) is 5.41. The summed E-state index contributed by atoms with van der Waals surface area (Å²) in [6, 6.07) is 4.09. The van der Waals surface area contributed by atoms with Gasteiger partial charge in [0.25, 0.3) is 0 Å². The summed E-state index contributed by atoms with van der Waals surface area (Å²) < 4.78 is 0. The molecule has 0 aliphatic rings. The second-order valence-corrected chi connectivity index (χ2v) is 4.64. The lowest BCUT2D eigenvalue weighted by Gasteiger charge is -2.22. The molecule has 1 rings (SSSR count). The quantitative estimate of drug-likeness (QED) is 0.756. The van der Waals surface area contributed by atoms with Gasteiger partial charge in [-0.1, -0.05) is 6.07 Å². The van der Waals surface area contributed by atoms with Crippen LogP contribution in [0.3, 0.4) is 0 Å². The van der Waals surface area contributed by atoms with E-state index in [2.05, 4.69) is 11.4 Å². The molecule has 0 aromatic carbocycles. The molecule has 1 unspecified atom stereocenters. The van der Waals surface area contributed by atoms with Gasteiger partial charge in [-0.3, -0.25) is 0 Å². The predicted molar refractivity (Wildman–Crippen MR) is 57.2 cm³/mol. The molecule has 0 fully saturated rings. The summed E-state index contributed by atoms with van der Waals surface area (Å²) in [6.45, 7) is 2.75. The minimum Gasteiger partial charge on any atom is -0.390 e. The summed E-state index contributed by atoms with van der Waals surface area (Å²) >= 11 is 1.70. The second kappa shape index (κ2) is 4.74. The van der Waals surface area contributed by atoms with Gasteiger partial charge in [0.05, 0.1) is 5.60 Å². The lowest BCUT2D eigenvalue weighted by Crippen LogP contribution is -2.30. The van der Waals surface area contributed by atoms with Crippen LogP contribution in [0.1, 0.15) is 18.2 Å². The Morgan fingerprint density at radius 2 is 2.38 bits per heavy atom. The highest BCUT2D eigenvalue weighted by Gasteiger charge is 2.20. The fourth-order valence-corrected chi connectivity index (χ4v) is 2.15. The Hall–Kier alpha value is -0.380.